The van der Waals surface area contributed by atoms with Crippen LogP contribution in [0.15, 0.2) is 18.7 Å². The third-order valence-electron chi connectivity index (χ3n) is 5.43. The molecule has 0 radical (unpaired) electrons. The minimum absolute atomic E-state index is 0.0210. The Morgan fingerprint density at radius 1 is 1.17 bits per heavy atom. The van der Waals surface area contributed by atoms with Crippen molar-refractivity contribution in [2.24, 2.45) is 5.41 Å². The number of nitrogens with zero attached hydrogens (tertiary/aromatic N) is 4. The maximum absolute atomic E-state index is 14.4. The Labute approximate surface area is 133 Å². The van der Waals surface area contributed by atoms with Crippen LogP contribution in [0.25, 0.3) is 0 Å². The molecule has 4 rings (SSSR count). The standard InChI is InChI=1S/C16H19FN4O2/c17-16(2-1-3-16)14(23)20-5-4-15(9-20)6-13(22)21(10-15)12-7-18-11-19-8-12/h7-8,11H,1-6,9-10H2/t15-/m1/s1. The molecule has 1 spiro atoms. The number of hydrogen-bond acceptors (Lipinski definition) is 4. The van der Waals surface area contributed by atoms with Gasteiger partial charge in [0.2, 0.25) is 5.91 Å². The van der Waals surface area contributed by atoms with Gasteiger partial charge in [-0.05, 0) is 25.7 Å². The fourth-order valence-electron chi connectivity index (χ4n) is 3.93. The van der Waals surface area contributed by atoms with Gasteiger partial charge in [0.1, 0.15) is 6.33 Å². The SMILES string of the molecule is O=C1C[C@@]2(CCN(C(=O)C3(F)CCC3)C2)CN1c1cncnc1. The smallest absolute Gasteiger partial charge is 0.260 e. The van der Waals surface area contributed by atoms with E-state index in [-0.39, 0.29) is 17.2 Å². The lowest BCUT2D eigenvalue weighted by Crippen LogP contribution is -2.50. The minimum Gasteiger partial charge on any atom is -0.339 e. The molecule has 2 aliphatic heterocycles. The molecular formula is C16H19FN4O2. The number of halogens is 1. The number of carbonyl (C=O) groups is 2. The summed E-state index contributed by atoms with van der Waals surface area (Å²) < 4.78 is 14.4. The van der Waals surface area contributed by atoms with Gasteiger partial charge in [-0.15, -0.1) is 0 Å². The first-order valence-electron chi connectivity index (χ1n) is 8.05. The summed E-state index contributed by atoms with van der Waals surface area (Å²) in [6.07, 6.45) is 7.25. The Morgan fingerprint density at radius 2 is 1.91 bits per heavy atom. The molecule has 3 heterocycles. The molecule has 0 N–H and O–H groups in total. The van der Waals surface area contributed by atoms with Crippen molar-refractivity contribution in [3.8, 4) is 0 Å². The fraction of sp³-hybridized carbons (Fsp3) is 0.625. The fourth-order valence-corrected chi connectivity index (χ4v) is 3.93. The van der Waals surface area contributed by atoms with E-state index in [4.69, 9.17) is 0 Å². The lowest BCUT2D eigenvalue weighted by Gasteiger charge is -2.36. The van der Waals surface area contributed by atoms with Gasteiger partial charge in [-0.1, -0.05) is 0 Å². The van der Waals surface area contributed by atoms with Gasteiger partial charge in [-0.2, -0.15) is 0 Å². The molecule has 122 valence electrons. The van der Waals surface area contributed by atoms with Crippen molar-refractivity contribution in [2.75, 3.05) is 24.5 Å². The van der Waals surface area contributed by atoms with Crippen LogP contribution in [0.5, 0.6) is 0 Å². The van der Waals surface area contributed by atoms with E-state index < -0.39 is 5.67 Å². The molecule has 0 aromatic carbocycles. The highest BCUT2D eigenvalue weighted by atomic mass is 19.1. The highest BCUT2D eigenvalue weighted by Crippen LogP contribution is 2.44. The Bertz CT molecular complexity index is 649. The molecule has 6 nitrogen and oxygen atoms in total. The zero-order chi connectivity index (χ0) is 16.1. The molecule has 0 bridgehead atoms. The second-order valence-corrected chi connectivity index (χ2v) is 7.05. The van der Waals surface area contributed by atoms with E-state index in [9.17, 15) is 14.0 Å². The summed E-state index contributed by atoms with van der Waals surface area (Å²) in [7, 11) is 0. The number of hydrogen-bond donors (Lipinski definition) is 0. The number of rotatable bonds is 2. The van der Waals surface area contributed by atoms with Crippen LogP contribution in [0.2, 0.25) is 0 Å². The van der Waals surface area contributed by atoms with Crippen LogP contribution in [0.1, 0.15) is 32.1 Å². The van der Waals surface area contributed by atoms with E-state index >= 15 is 0 Å². The van der Waals surface area contributed by atoms with Crippen LogP contribution in [0.3, 0.4) is 0 Å². The molecular weight excluding hydrogens is 299 g/mol. The number of likely N-dealkylation sites (tertiary alicyclic amines) is 1. The number of aromatic nitrogens is 2. The number of anilines is 1. The zero-order valence-corrected chi connectivity index (χ0v) is 12.9. The highest BCUT2D eigenvalue weighted by molar-refractivity contribution is 5.96. The molecule has 3 fully saturated rings. The molecule has 1 aromatic rings. The molecule has 1 atom stereocenters. The van der Waals surface area contributed by atoms with Crippen molar-refractivity contribution >= 4 is 17.5 Å². The van der Waals surface area contributed by atoms with Crippen LogP contribution in [-0.4, -0.2) is 52.0 Å². The van der Waals surface area contributed by atoms with Crippen molar-refractivity contribution in [1.29, 1.82) is 0 Å². The third kappa shape index (κ3) is 2.29. The molecule has 1 aromatic heterocycles. The second kappa shape index (κ2) is 4.97. The van der Waals surface area contributed by atoms with Gasteiger partial charge in [0.25, 0.3) is 5.91 Å². The summed E-state index contributed by atoms with van der Waals surface area (Å²) in [6.45, 7) is 1.55. The predicted molar refractivity (Wildman–Crippen MR) is 80.3 cm³/mol. The number of amides is 2. The summed E-state index contributed by atoms with van der Waals surface area (Å²) in [5.74, 6) is -0.359. The molecule has 1 aliphatic carbocycles. The monoisotopic (exact) mass is 318 g/mol. The Balaban J connectivity index is 1.49. The highest BCUT2D eigenvalue weighted by Gasteiger charge is 2.53. The van der Waals surface area contributed by atoms with Gasteiger partial charge in [0, 0.05) is 31.5 Å². The summed E-state index contributed by atoms with van der Waals surface area (Å²) in [6, 6.07) is 0. The topological polar surface area (TPSA) is 66.4 Å². The Morgan fingerprint density at radius 3 is 2.57 bits per heavy atom. The van der Waals surface area contributed by atoms with Gasteiger partial charge in [0.15, 0.2) is 5.67 Å². The first kappa shape index (κ1) is 14.5. The van der Waals surface area contributed by atoms with E-state index in [1.165, 1.54) is 6.33 Å². The zero-order valence-electron chi connectivity index (χ0n) is 12.9. The van der Waals surface area contributed by atoms with Crippen LogP contribution < -0.4 is 4.90 Å². The van der Waals surface area contributed by atoms with Crippen LogP contribution in [0.4, 0.5) is 10.1 Å². The van der Waals surface area contributed by atoms with E-state index in [0.717, 1.165) is 12.8 Å². The van der Waals surface area contributed by atoms with Crippen molar-refractivity contribution < 1.29 is 14.0 Å². The lowest BCUT2D eigenvalue weighted by molar-refractivity contribution is -0.149. The molecule has 7 heteroatoms. The molecule has 2 amide bonds. The van der Waals surface area contributed by atoms with Gasteiger partial charge in [-0.25, -0.2) is 14.4 Å². The quantitative estimate of drug-likeness (QED) is 0.825. The number of carbonyl (C=O) groups excluding carboxylic acids is 2. The van der Waals surface area contributed by atoms with E-state index in [0.29, 0.717) is 44.6 Å². The van der Waals surface area contributed by atoms with E-state index in [1.807, 2.05) is 0 Å². The van der Waals surface area contributed by atoms with Gasteiger partial charge in [-0.3, -0.25) is 9.59 Å². The van der Waals surface area contributed by atoms with Crippen LogP contribution in [-0.2, 0) is 9.59 Å². The molecule has 3 aliphatic rings. The normalized spacial score (nSPS) is 29.2. The van der Waals surface area contributed by atoms with E-state index in [1.54, 1.807) is 22.2 Å². The van der Waals surface area contributed by atoms with Gasteiger partial charge < -0.3 is 9.80 Å². The van der Waals surface area contributed by atoms with Crippen molar-refractivity contribution in [2.45, 2.75) is 37.8 Å². The lowest BCUT2D eigenvalue weighted by atomic mass is 9.81. The van der Waals surface area contributed by atoms with Gasteiger partial charge >= 0.3 is 0 Å². The summed E-state index contributed by atoms with van der Waals surface area (Å²) in [5.41, 5.74) is -1.23. The molecule has 2 saturated heterocycles. The van der Waals surface area contributed by atoms with Crippen molar-refractivity contribution in [3.05, 3.63) is 18.7 Å². The first-order chi connectivity index (χ1) is 11.0. The average molecular weight is 318 g/mol. The first-order valence-corrected chi connectivity index (χ1v) is 8.05. The third-order valence-corrected chi connectivity index (χ3v) is 5.43. The summed E-state index contributed by atoms with van der Waals surface area (Å²) >= 11 is 0. The van der Waals surface area contributed by atoms with E-state index in [2.05, 4.69) is 9.97 Å². The molecule has 23 heavy (non-hydrogen) atoms. The minimum atomic E-state index is -1.65. The predicted octanol–water partition coefficient (Wildman–Crippen LogP) is 1.32. The van der Waals surface area contributed by atoms with Crippen molar-refractivity contribution in [3.63, 3.8) is 0 Å². The molecule has 0 unspecified atom stereocenters. The Hall–Kier alpha value is -2.05. The maximum atomic E-state index is 14.4. The number of alkyl halides is 1. The summed E-state index contributed by atoms with van der Waals surface area (Å²) in [4.78, 5) is 35.9. The maximum Gasteiger partial charge on any atom is 0.260 e. The van der Waals surface area contributed by atoms with Crippen LogP contribution in [0, 0.1) is 5.41 Å². The van der Waals surface area contributed by atoms with Crippen LogP contribution >= 0.6 is 0 Å². The van der Waals surface area contributed by atoms with Gasteiger partial charge in [0.05, 0.1) is 18.1 Å². The summed E-state index contributed by atoms with van der Waals surface area (Å²) in [5, 5.41) is 0. The largest absolute Gasteiger partial charge is 0.339 e. The average Bonchev–Trinajstić information content (AvgIpc) is 3.09. The van der Waals surface area contributed by atoms with Crippen molar-refractivity contribution in [1.82, 2.24) is 14.9 Å². The Kier molecular flexibility index (Phi) is 3.14. The second-order valence-electron chi connectivity index (χ2n) is 7.05. The molecule has 1 saturated carbocycles.